The Morgan fingerprint density at radius 1 is 1.00 bits per heavy atom. The van der Waals surface area contributed by atoms with Gasteiger partial charge in [-0.3, -0.25) is 0 Å². The number of aliphatic hydroxyl groups is 1. The molecule has 1 aromatic carbocycles. The molecule has 0 aromatic heterocycles. The quantitative estimate of drug-likeness (QED) is 0.736. The Bertz CT molecular complexity index is 348. The highest BCUT2D eigenvalue weighted by atomic mass is 16.5. The molecule has 0 saturated heterocycles. The SMILES string of the molecule is COc1ccc(C(O)C(C)OCCOC(C)C)cc1. The number of rotatable bonds is 8. The normalized spacial score (nSPS) is 14.4. The summed E-state index contributed by atoms with van der Waals surface area (Å²) < 4.78 is 16.0. The molecule has 1 rings (SSSR count). The van der Waals surface area contributed by atoms with Crippen LogP contribution in [0.1, 0.15) is 32.4 Å². The monoisotopic (exact) mass is 268 g/mol. The van der Waals surface area contributed by atoms with Crippen LogP contribution in [0, 0.1) is 0 Å². The molecule has 0 aliphatic rings. The number of hydrogen-bond acceptors (Lipinski definition) is 4. The second-order valence-electron chi connectivity index (χ2n) is 4.71. The average Bonchev–Trinajstić information content (AvgIpc) is 2.42. The standard InChI is InChI=1S/C15H24O4/c1-11(2)18-9-10-19-12(3)15(16)13-5-7-14(17-4)8-6-13/h5-8,11-12,15-16H,9-10H2,1-4H3. The summed E-state index contributed by atoms with van der Waals surface area (Å²) in [6.07, 6.45) is -0.723. The Hall–Kier alpha value is -1.10. The molecule has 1 aromatic rings. The molecule has 0 amide bonds. The first kappa shape index (κ1) is 16.0. The lowest BCUT2D eigenvalue weighted by molar-refractivity contribution is -0.0555. The first-order valence-corrected chi connectivity index (χ1v) is 6.59. The third kappa shape index (κ3) is 5.59. The van der Waals surface area contributed by atoms with E-state index in [4.69, 9.17) is 14.2 Å². The molecule has 4 heteroatoms. The molecule has 4 nitrogen and oxygen atoms in total. The summed E-state index contributed by atoms with van der Waals surface area (Å²) in [6, 6.07) is 7.34. The van der Waals surface area contributed by atoms with Gasteiger partial charge in [0.15, 0.2) is 0 Å². The van der Waals surface area contributed by atoms with Gasteiger partial charge in [0.1, 0.15) is 11.9 Å². The van der Waals surface area contributed by atoms with Crippen molar-refractivity contribution in [2.75, 3.05) is 20.3 Å². The van der Waals surface area contributed by atoms with Crippen LogP contribution in [-0.4, -0.2) is 37.6 Å². The van der Waals surface area contributed by atoms with Crippen molar-refractivity contribution in [2.24, 2.45) is 0 Å². The predicted octanol–water partition coefficient (Wildman–Crippen LogP) is 2.56. The minimum Gasteiger partial charge on any atom is -0.497 e. The molecular weight excluding hydrogens is 244 g/mol. The van der Waals surface area contributed by atoms with Crippen molar-refractivity contribution < 1.29 is 19.3 Å². The minimum absolute atomic E-state index is 0.199. The largest absolute Gasteiger partial charge is 0.497 e. The summed E-state index contributed by atoms with van der Waals surface area (Å²) >= 11 is 0. The van der Waals surface area contributed by atoms with E-state index in [1.165, 1.54) is 0 Å². The van der Waals surface area contributed by atoms with Crippen molar-refractivity contribution in [3.05, 3.63) is 29.8 Å². The molecule has 0 aliphatic heterocycles. The number of benzene rings is 1. The average molecular weight is 268 g/mol. The van der Waals surface area contributed by atoms with Gasteiger partial charge < -0.3 is 19.3 Å². The number of aliphatic hydroxyl groups excluding tert-OH is 1. The van der Waals surface area contributed by atoms with Crippen LogP contribution >= 0.6 is 0 Å². The van der Waals surface area contributed by atoms with Crippen LogP contribution in [0.2, 0.25) is 0 Å². The van der Waals surface area contributed by atoms with Gasteiger partial charge in [-0.2, -0.15) is 0 Å². The van der Waals surface area contributed by atoms with E-state index >= 15 is 0 Å². The number of methoxy groups -OCH3 is 1. The maximum absolute atomic E-state index is 10.2. The second kappa shape index (κ2) is 8.15. The first-order valence-electron chi connectivity index (χ1n) is 6.59. The van der Waals surface area contributed by atoms with Gasteiger partial charge in [-0.1, -0.05) is 12.1 Å². The lowest BCUT2D eigenvalue weighted by atomic mass is 10.1. The van der Waals surface area contributed by atoms with Crippen LogP contribution in [0.4, 0.5) is 0 Å². The molecular formula is C15H24O4. The zero-order chi connectivity index (χ0) is 14.3. The Morgan fingerprint density at radius 3 is 2.11 bits per heavy atom. The van der Waals surface area contributed by atoms with E-state index in [2.05, 4.69) is 0 Å². The number of hydrogen-bond donors (Lipinski definition) is 1. The summed E-state index contributed by atoms with van der Waals surface area (Å²) in [5, 5.41) is 10.2. The van der Waals surface area contributed by atoms with Crippen LogP contribution < -0.4 is 4.74 Å². The minimum atomic E-state index is -0.648. The summed E-state index contributed by atoms with van der Waals surface area (Å²) in [5.41, 5.74) is 0.818. The van der Waals surface area contributed by atoms with Crippen molar-refractivity contribution in [1.82, 2.24) is 0 Å². The lowest BCUT2D eigenvalue weighted by Gasteiger charge is -2.20. The smallest absolute Gasteiger partial charge is 0.118 e. The van der Waals surface area contributed by atoms with Crippen molar-refractivity contribution in [2.45, 2.75) is 39.1 Å². The third-order valence-electron chi connectivity index (χ3n) is 2.82. The van der Waals surface area contributed by atoms with E-state index in [0.29, 0.717) is 13.2 Å². The van der Waals surface area contributed by atoms with Gasteiger partial charge in [-0.05, 0) is 38.5 Å². The Morgan fingerprint density at radius 2 is 1.58 bits per heavy atom. The van der Waals surface area contributed by atoms with Crippen molar-refractivity contribution in [1.29, 1.82) is 0 Å². The van der Waals surface area contributed by atoms with Crippen LogP contribution in [-0.2, 0) is 9.47 Å². The fraction of sp³-hybridized carbons (Fsp3) is 0.600. The van der Waals surface area contributed by atoms with Gasteiger partial charge in [0.25, 0.3) is 0 Å². The van der Waals surface area contributed by atoms with E-state index in [1.807, 2.05) is 45.0 Å². The summed E-state index contributed by atoms with van der Waals surface area (Å²) in [4.78, 5) is 0. The van der Waals surface area contributed by atoms with Gasteiger partial charge in [0, 0.05) is 0 Å². The van der Waals surface area contributed by atoms with Crippen LogP contribution in [0.5, 0.6) is 5.75 Å². The summed E-state index contributed by atoms with van der Waals surface area (Å²) in [5.74, 6) is 0.773. The lowest BCUT2D eigenvalue weighted by Crippen LogP contribution is -2.21. The van der Waals surface area contributed by atoms with Gasteiger partial charge in [0.2, 0.25) is 0 Å². The second-order valence-corrected chi connectivity index (χ2v) is 4.71. The van der Waals surface area contributed by atoms with Crippen LogP contribution in [0.25, 0.3) is 0 Å². The third-order valence-corrected chi connectivity index (χ3v) is 2.82. The van der Waals surface area contributed by atoms with Crippen molar-refractivity contribution >= 4 is 0 Å². The Labute approximate surface area is 115 Å². The van der Waals surface area contributed by atoms with Crippen LogP contribution in [0.15, 0.2) is 24.3 Å². The highest BCUT2D eigenvalue weighted by Crippen LogP contribution is 2.21. The molecule has 108 valence electrons. The van der Waals surface area contributed by atoms with Gasteiger partial charge in [-0.25, -0.2) is 0 Å². The molecule has 19 heavy (non-hydrogen) atoms. The van der Waals surface area contributed by atoms with Crippen molar-refractivity contribution in [3.63, 3.8) is 0 Å². The van der Waals surface area contributed by atoms with E-state index < -0.39 is 6.10 Å². The highest BCUT2D eigenvalue weighted by Gasteiger charge is 2.16. The maximum Gasteiger partial charge on any atom is 0.118 e. The highest BCUT2D eigenvalue weighted by molar-refractivity contribution is 5.28. The maximum atomic E-state index is 10.2. The molecule has 0 bridgehead atoms. The Kier molecular flexibility index (Phi) is 6.84. The topological polar surface area (TPSA) is 47.9 Å². The molecule has 0 aliphatic carbocycles. The van der Waals surface area contributed by atoms with E-state index in [-0.39, 0.29) is 12.2 Å². The summed E-state index contributed by atoms with van der Waals surface area (Å²) in [6.45, 7) is 6.83. The van der Waals surface area contributed by atoms with Gasteiger partial charge in [-0.15, -0.1) is 0 Å². The molecule has 0 heterocycles. The molecule has 2 atom stereocenters. The van der Waals surface area contributed by atoms with Gasteiger partial charge in [0.05, 0.1) is 32.5 Å². The van der Waals surface area contributed by atoms with E-state index in [9.17, 15) is 5.11 Å². The van der Waals surface area contributed by atoms with Gasteiger partial charge >= 0.3 is 0 Å². The first-order chi connectivity index (χ1) is 9.04. The van der Waals surface area contributed by atoms with Crippen LogP contribution in [0.3, 0.4) is 0 Å². The fourth-order valence-electron chi connectivity index (χ4n) is 1.68. The molecule has 0 fully saturated rings. The molecule has 0 spiro atoms. The van der Waals surface area contributed by atoms with E-state index in [1.54, 1.807) is 7.11 Å². The van der Waals surface area contributed by atoms with E-state index in [0.717, 1.165) is 11.3 Å². The molecule has 0 radical (unpaired) electrons. The molecule has 1 N–H and O–H groups in total. The Balaban J connectivity index is 2.40. The molecule has 0 saturated carbocycles. The zero-order valence-electron chi connectivity index (χ0n) is 12.1. The zero-order valence-corrected chi connectivity index (χ0v) is 12.1. The predicted molar refractivity (Wildman–Crippen MR) is 74.5 cm³/mol. The molecule has 2 unspecified atom stereocenters. The summed E-state index contributed by atoms with van der Waals surface area (Å²) in [7, 11) is 1.62. The fourth-order valence-corrected chi connectivity index (χ4v) is 1.68. The number of ether oxygens (including phenoxy) is 3. The van der Waals surface area contributed by atoms with Crippen molar-refractivity contribution in [3.8, 4) is 5.75 Å².